The van der Waals surface area contributed by atoms with Gasteiger partial charge in [0, 0.05) is 17.3 Å². The molecule has 0 bridgehead atoms. The van der Waals surface area contributed by atoms with E-state index < -0.39 is 5.97 Å². The Morgan fingerprint density at radius 1 is 1.44 bits per heavy atom. The smallest absolute Gasteiger partial charge is 0.336 e. The molecule has 16 heavy (non-hydrogen) atoms. The van der Waals surface area contributed by atoms with Crippen molar-refractivity contribution in [2.75, 3.05) is 0 Å². The molecule has 0 radical (unpaired) electrons. The Bertz CT molecular complexity index is 603. The van der Waals surface area contributed by atoms with E-state index in [4.69, 9.17) is 16.7 Å². The lowest BCUT2D eigenvalue weighted by Crippen LogP contribution is -2.07. The van der Waals surface area contributed by atoms with Gasteiger partial charge < -0.3 is 5.11 Å². The second-order valence-corrected chi connectivity index (χ2v) is 3.70. The number of fused-ring (bicyclic) bond motifs is 1. The molecule has 0 unspecified atom stereocenters. The molecule has 0 amide bonds. The van der Waals surface area contributed by atoms with Gasteiger partial charge in [-0.05, 0) is 12.1 Å². The maximum Gasteiger partial charge on any atom is 0.336 e. The maximum atomic E-state index is 11.2. The zero-order valence-corrected chi connectivity index (χ0v) is 9.02. The average Bonchev–Trinajstić information content (AvgIpc) is 2.59. The lowest BCUT2D eigenvalue weighted by Gasteiger charge is -2.00. The van der Waals surface area contributed by atoms with Crippen LogP contribution in [0.2, 0.25) is 5.02 Å². The number of nitrogens with zero attached hydrogens (tertiary/aromatic N) is 2. The first kappa shape index (κ1) is 10.6. The molecule has 0 fully saturated rings. The first-order chi connectivity index (χ1) is 7.50. The van der Waals surface area contributed by atoms with Crippen molar-refractivity contribution in [2.24, 2.45) is 0 Å². The van der Waals surface area contributed by atoms with Crippen LogP contribution in [0, 0.1) is 0 Å². The number of hydrogen-bond acceptors (Lipinski definition) is 3. The molecule has 0 saturated carbocycles. The SMILES string of the molecule is CC(=O)n1ncc2c(C(=O)O)cc(Cl)cc21. The fraction of sp³-hybridized carbons (Fsp3) is 0.100. The molecule has 0 saturated heterocycles. The van der Waals surface area contributed by atoms with Crippen molar-refractivity contribution in [1.82, 2.24) is 9.78 Å². The molecule has 0 atom stereocenters. The van der Waals surface area contributed by atoms with Crippen molar-refractivity contribution in [3.63, 3.8) is 0 Å². The Morgan fingerprint density at radius 2 is 2.12 bits per heavy atom. The first-order valence-electron chi connectivity index (χ1n) is 4.42. The molecule has 2 aromatic rings. The molecular weight excluding hydrogens is 232 g/mol. The number of carboxylic acid groups (broad SMARTS) is 1. The van der Waals surface area contributed by atoms with Crippen LogP contribution < -0.4 is 0 Å². The molecule has 2 rings (SSSR count). The van der Waals surface area contributed by atoms with Gasteiger partial charge in [0.05, 0.1) is 17.3 Å². The molecule has 0 aliphatic carbocycles. The van der Waals surface area contributed by atoms with Crippen molar-refractivity contribution in [3.8, 4) is 0 Å². The van der Waals surface area contributed by atoms with E-state index in [1.54, 1.807) is 0 Å². The number of benzene rings is 1. The number of carbonyl (C=O) groups excluding carboxylic acids is 1. The predicted octanol–water partition coefficient (Wildman–Crippen LogP) is 2.05. The Morgan fingerprint density at radius 3 is 2.69 bits per heavy atom. The largest absolute Gasteiger partial charge is 0.478 e. The number of aromatic carboxylic acids is 1. The average molecular weight is 239 g/mol. The monoisotopic (exact) mass is 238 g/mol. The lowest BCUT2D eigenvalue weighted by molar-refractivity contribution is 0.0698. The van der Waals surface area contributed by atoms with Gasteiger partial charge in [-0.2, -0.15) is 5.10 Å². The van der Waals surface area contributed by atoms with Gasteiger partial charge in [-0.3, -0.25) is 4.79 Å². The fourth-order valence-electron chi connectivity index (χ4n) is 1.52. The summed E-state index contributed by atoms with van der Waals surface area (Å²) in [5.74, 6) is -1.40. The molecule has 0 spiro atoms. The molecule has 0 aliphatic heterocycles. The summed E-state index contributed by atoms with van der Waals surface area (Å²) < 4.78 is 1.12. The normalized spacial score (nSPS) is 10.6. The van der Waals surface area contributed by atoms with Crippen LogP contribution >= 0.6 is 11.6 Å². The van der Waals surface area contributed by atoms with Crippen LogP contribution in [-0.4, -0.2) is 26.8 Å². The quantitative estimate of drug-likeness (QED) is 0.825. The van der Waals surface area contributed by atoms with Crippen LogP contribution in [0.25, 0.3) is 10.9 Å². The van der Waals surface area contributed by atoms with Gasteiger partial charge in [0.15, 0.2) is 0 Å². The molecule has 0 aliphatic rings. The second kappa shape index (κ2) is 3.61. The van der Waals surface area contributed by atoms with Crippen LogP contribution in [0.5, 0.6) is 0 Å². The summed E-state index contributed by atoms with van der Waals surface area (Å²) in [7, 11) is 0. The first-order valence-corrected chi connectivity index (χ1v) is 4.80. The van der Waals surface area contributed by atoms with Gasteiger partial charge in [-0.25, -0.2) is 9.48 Å². The number of carbonyl (C=O) groups is 2. The van der Waals surface area contributed by atoms with Gasteiger partial charge in [-0.1, -0.05) is 11.6 Å². The summed E-state index contributed by atoms with van der Waals surface area (Å²) >= 11 is 5.79. The molecular formula is C10H7ClN2O3. The summed E-state index contributed by atoms with van der Waals surface area (Å²) in [6.45, 7) is 1.34. The molecule has 1 heterocycles. The Labute approximate surface area is 95.2 Å². The highest BCUT2D eigenvalue weighted by atomic mass is 35.5. The molecule has 82 valence electrons. The van der Waals surface area contributed by atoms with Crippen LogP contribution in [0.3, 0.4) is 0 Å². The van der Waals surface area contributed by atoms with E-state index in [0.717, 1.165) is 4.68 Å². The van der Waals surface area contributed by atoms with Crippen molar-refractivity contribution in [1.29, 1.82) is 0 Å². The number of rotatable bonds is 1. The van der Waals surface area contributed by atoms with Crippen molar-refractivity contribution in [3.05, 3.63) is 28.9 Å². The van der Waals surface area contributed by atoms with Gasteiger partial charge in [0.25, 0.3) is 0 Å². The third-order valence-corrected chi connectivity index (χ3v) is 2.40. The standard InChI is InChI=1S/C10H7ClN2O3/c1-5(14)13-9-3-6(11)2-7(10(15)16)8(9)4-12-13/h2-4H,1H3,(H,15,16). The molecule has 1 N–H and O–H groups in total. The van der Waals surface area contributed by atoms with Gasteiger partial charge in [0.2, 0.25) is 5.91 Å². The van der Waals surface area contributed by atoms with Crippen molar-refractivity contribution >= 4 is 34.4 Å². The Balaban J connectivity index is 2.86. The highest BCUT2D eigenvalue weighted by Gasteiger charge is 2.15. The van der Waals surface area contributed by atoms with Crippen LogP contribution in [0.15, 0.2) is 18.3 Å². The lowest BCUT2D eigenvalue weighted by atomic mass is 10.1. The second-order valence-electron chi connectivity index (χ2n) is 3.27. The van der Waals surface area contributed by atoms with Crippen molar-refractivity contribution < 1.29 is 14.7 Å². The maximum absolute atomic E-state index is 11.2. The minimum absolute atomic E-state index is 0.0370. The highest BCUT2D eigenvalue weighted by molar-refractivity contribution is 6.32. The Hall–Kier alpha value is -1.88. The summed E-state index contributed by atoms with van der Waals surface area (Å²) in [6, 6.07) is 2.84. The molecule has 1 aromatic heterocycles. The van der Waals surface area contributed by atoms with E-state index in [1.165, 1.54) is 25.3 Å². The third-order valence-electron chi connectivity index (χ3n) is 2.18. The van der Waals surface area contributed by atoms with Crippen molar-refractivity contribution in [2.45, 2.75) is 6.92 Å². The highest BCUT2D eigenvalue weighted by Crippen LogP contribution is 2.24. The van der Waals surface area contributed by atoms with E-state index in [1.807, 2.05) is 0 Å². The number of hydrogen-bond donors (Lipinski definition) is 1. The number of carboxylic acids is 1. The van der Waals surface area contributed by atoms with E-state index in [0.29, 0.717) is 10.9 Å². The molecule has 6 heteroatoms. The number of aromatic nitrogens is 2. The van der Waals surface area contributed by atoms with Gasteiger partial charge in [0.1, 0.15) is 0 Å². The fourth-order valence-corrected chi connectivity index (χ4v) is 1.73. The van der Waals surface area contributed by atoms with Crippen LogP contribution in [0.1, 0.15) is 22.1 Å². The third kappa shape index (κ3) is 1.55. The summed E-state index contributed by atoms with van der Waals surface area (Å²) in [6.07, 6.45) is 1.34. The summed E-state index contributed by atoms with van der Waals surface area (Å²) in [4.78, 5) is 22.2. The minimum atomic E-state index is -1.10. The summed E-state index contributed by atoms with van der Waals surface area (Å²) in [5, 5.41) is 13.5. The van der Waals surface area contributed by atoms with E-state index in [2.05, 4.69) is 5.10 Å². The zero-order chi connectivity index (χ0) is 11.9. The van der Waals surface area contributed by atoms with Gasteiger partial charge in [-0.15, -0.1) is 0 Å². The summed E-state index contributed by atoms with van der Waals surface area (Å²) in [5.41, 5.74) is 0.437. The predicted molar refractivity (Wildman–Crippen MR) is 58.0 cm³/mol. The molecule has 1 aromatic carbocycles. The van der Waals surface area contributed by atoms with Crippen LogP contribution in [0.4, 0.5) is 0 Å². The van der Waals surface area contributed by atoms with E-state index in [9.17, 15) is 9.59 Å². The minimum Gasteiger partial charge on any atom is -0.478 e. The number of halogens is 1. The Kier molecular flexibility index (Phi) is 2.40. The zero-order valence-electron chi connectivity index (χ0n) is 8.27. The van der Waals surface area contributed by atoms with Gasteiger partial charge >= 0.3 is 5.97 Å². The van der Waals surface area contributed by atoms with E-state index in [-0.39, 0.29) is 16.5 Å². The molecule has 5 nitrogen and oxygen atoms in total. The van der Waals surface area contributed by atoms with Crippen LogP contribution in [-0.2, 0) is 0 Å². The van der Waals surface area contributed by atoms with E-state index >= 15 is 0 Å². The topological polar surface area (TPSA) is 72.2 Å².